The molecule has 0 spiro atoms. The molecule has 2 aliphatic rings. The molecule has 2 heterocycles. The zero-order valence-corrected chi connectivity index (χ0v) is 5.25. The van der Waals surface area contributed by atoms with Crippen molar-refractivity contribution < 1.29 is 9.47 Å². The van der Waals surface area contributed by atoms with Gasteiger partial charge in [0.05, 0.1) is 19.3 Å². The molecule has 50 valence electrons. The number of fused-ring (bicyclic) bond motifs is 1. The van der Waals surface area contributed by atoms with Crippen LogP contribution in [0.25, 0.3) is 0 Å². The monoisotopic (exact) mass is 126 g/mol. The molecule has 0 aromatic rings. The quantitative estimate of drug-likeness (QED) is 0.445. The van der Waals surface area contributed by atoms with Crippen LogP contribution in [0.15, 0.2) is 12.2 Å². The second kappa shape index (κ2) is 2.12. The molecule has 0 radical (unpaired) electrons. The van der Waals surface area contributed by atoms with Crippen LogP contribution in [0, 0.1) is 0 Å². The molecule has 0 bridgehead atoms. The van der Waals surface area contributed by atoms with Crippen molar-refractivity contribution in [2.24, 2.45) is 0 Å². The van der Waals surface area contributed by atoms with Crippen LogP contribution < -0.4 is 0 Å². The van der Waals surface area contributed by atoms with Gasteiger partial charge in [0.25, 0.3) is 0 Å². The van der Waals surface area contributed by atoms with E-state index in [0.717, 1.165) is 19.6 Å². The lowest BCUT2D eigenvalue weighted by Gasteiger charge is -2.18. The standard InChI is InChI=1S/C7H10O2/c1-2-6-7(8-4-1)3-5-9-6/h1-2,6-7H,3-5H2/t6-,7-/m0/s1. The second-order valence-electron chi connectivity index (χ2n) is 2.42. The summed E-state index contributed by atoms with van der Waals surface area (Å²) in [7, 11) is 0. The van der Waals surface area contributed by atoms with Crippen LogP contribution in [0.5, 0.6) is 0 Å². The molecule has 2 rings (SSSR count). The molecule has 0 aliphatic carbocycles. The van der Waals surface area contributed by atoms with Gasteiger partial charge in [0.15, 0.2) is 0 Å². The molecule has 9 heavy (non-hydrogen) atoms. The van der Waals surface area contributed by atoms with Crippen molar-refractivity contribution >= 4 is 0 Å². The van der Waals surface area contributed by atoms with Crippen LogP contribution in [0.4, 0.5) is 0 Å². The maximum Gasteiger partial charge on any atom is 0.102 e. The number of ether oxygens (including phenoxy) is 2. The highest BCUT2D eigenvalue weighted by atomic mass is 16.6. The van der Waals surface area contributed by atoms with Gasteiger partial charge in [-0.2, -0.15) is 0 Å². The van der Waals surface area contributed by atoms with Gasteiger partial charge in [-0.15, -0.1) is 0 Å². The van der Waals surface area contributed by atoms with Crippen molar-refractivity contribution in [1.82, 2.24) is 0 Å². The highest BCUT2D eigenvalue weighted by Crippen LogP contribution is 2.20. The summed E-state index contributed by atoms with van der Waals surface area (Å²) in [6, 6.07) is 0. The van der Waals surface area contributed by atoms with Crippen molar-refractivity contribution in [3.05, 3.63) is 12.2 Å². The van der Waals surface area contributed by atoms with E-state index in [1.165, 1.54) is 0 Å². The smallest absolute Gasteiger partial charge is 0.102 e. The lowest BCUT2D eigenvalue weighted by Crippen LogP contribution is -2.25. The molecule has 2 aliphatic heterocycles. The van der Waals surface area contributed by atoms with Crippen molar-refractivity contribution in [2.75, 3.05) is 13.2 Å². The number of hydrogen-bond donors (Lipinski definition) is 0. The first-order valence-electron chi connectivity index (χ1n) is 3.37. The predicted molar refractivity (Wildman–Crippen MR) is 33.2 cm³/mol. The van der Waals surface area contributed by atoms with Gasteiger partial charge in [0, 0.05) is 0 Å². The fraction of sp³-hybridized carbons (Fsp3) is 0.714. The summed E-state index contributed by atoms with van der Waals surface area (Å²) < 4.78 is 10.7. The maximum atomic E-state index is 5.39. The van der Waals surface area contributed by atoms with Gasteiger partial charge in [-0.3, -0.25) is 0 Å². The van der Waals surface area contributed by atoms with E-state index in [1.54, 1.807) is 0 Å². The average Bonchev–Trinajstić information content (AvgIpc) is 2.33. The summed E-state index contributed by atoms with van der Waals surface area (Å²) in [5.74, 6) is 0. The molecule has 2 heteroatoms. The molecule has 0 aromatic carbocycles. The minimum Gasteiger partial charge on any atom is -0.371 e. The summed E-state index contributed by atoms with van der Waals surface area (Å²) >= 11 is 0. The van der Waals surface area contributed by atoms with Gasteiger partial charge < -0.3 is 9.47 Å². The SMILES string of the molecule is C1=C[C@@H]2OCC[C@@H]2OC1. The molecular weight excluding hydrogens is 116 g/mol. The first-order chi connectivity index (χ1) is 4.47. The second-order valence-corrected chi connectivity index (χ2v) is 2.42. The molecular formula is C7H10O2. The third kappa shape index (κ3) is 0.884. The number of rotatable bonds is 0. The first kappa shape index (κ1) is 5.45. The Labute approximate surface area is 54.5 Å². The van der Waals surface area contributed by atoms with E-state index in [1.807, 2.05) is 6.08 Å². The largest absolute Gasteiger partial charge is 0.371 e. The van der Waals surface area contributed by atoms with Gasteiger partial charge in [-0.05, 0) is 6.42 Å². The van der Waals surface area contributed by atoms with Crippen molar-refractivity contribution in [3.63, 3.8) is 0 Å². The molecule has 0 saturated carbocycles. The lowest BCUT2D eigenvalue weighted by molar-refractivity contribution is 0.0148. The first-order valence-corrected chi connectivity index (χ1v) is 3.37. The summed E-state index contributed by atoms with van der Waals surface area (Å²) in [5.41, 5.74) is 0. The predicted octanol–water partition coefficient (Wildman–Crippen LogP) is 0.730. The topological polar surface area (TPSA) is 18.5 Å². The van der Waals surface area contributed by atoms with Crippen molar-refractivity contribution in [3.8, 4) is 0 Å². The Morgan fingerprint density at radius 2 is 2.33 bits per heavy atom. The molecule has 0 N–H and O–H groups in total. The van der Waals surface area contributed by atoms with Crippen LogP contribution in [0.3, 0.4) is 0 Å². The summed E-state index contributed by atoms with van der Waals surface area (Å²) in [6.07, 6.45) is 5.80. The minimum absolute atomic E-state index is 0.263. The van der Waals surface area contributed by atoms with Crippen molar-refractivity contribution in [2.45, 2.75) is 18.6 Å². The van der Waals surface area contributed by atoms with E-state index in [-0.39, 0.29) is 6.10 Å². The maximum absolute atomic E-state index is 5.39. The lowest BCUT2D eigenvalue weighted by atomic mass is 10.1. The fourth-order valence-corrected chi connectivity index (χ4v) is 1.32. The Kier molecular flexibility index (Phi) is 1.28. The minimum atomic E-state index is 0.263. The van der Waals surface area contributed by atoms with E-state index in [2.05, 4.69) is 6.08 Å². The van der Waals surface area contributed by atoms with Crippen LogP contribution in [-0.4, -0.2) is 25.4 Å². The fourth-order valence-electron chi connectivity index (χ4n) is 1.32. The molecule has 0 aromatic heterocycles. The third-order valence-electron chi connectivity index (χ3n) is 1.81. The normalized spacial score (nSPS) is 40.9. The van der Waals surface area contributed by atoms with Gasteiger partial charge in [0.2, 0.25) is 0 Å². The molecule has 0 amide bonds. The van der Waals surface area contributed by atoms with E-state index in [0.29, 0.717) is 6.10 Å². The van der Waals surface area contributed by atoms with Crippen LogP contribution in [0.2, 0.25) is 0 Å². The van der Waals surface area contributed by atoms with E-state index in [4.69, 9.17) is 9.47 Å². The zero-order valence-electron chi connectivity index (χ0n) is 5.25. The van der Waals surface area contributed by atoms with E-state index >= 15 is 0 Å². The van der Waals surface area contributed by atoms with Crippen LogP contribution in [-0.2, 0) is 9.47 Å². The Hall–Kier alpha value is -0.340. The van der Waals surface area contributed by atoms with E-state index < -0.39 is 0 Å². The summed E-state index contributed by atoms with van der Waals surface area (Å²) in [6.45, 7) is 1.63. The highest BCUT2D eigenvalue weighted by Gasteiger charge is 2.28. The average molecular weight is 126 g/mol. The number of hydrogen-bond acceptors (Lipinski definition) is 2. The van der Waals surface area contributed by atoms with Gasteiger partial charge >= 0.3 is 0 Å². The van der Waals surface area contributed by atoms with Gasteiger partial charge in [0.1, 0.15) is 6.10 Å². The summed E-state index contributed by atoms with van der Waals surface area (Å²) in [5, 5.41) is 0. The molecule has 1 saturated heterocycles. The van der Waals surface area contributed by atoms with E-state index in [9.17, 15) is 0 Å². The third-order valence-corrected chi connectivity index (χ3v) is 1.81. The van der Waals surface area contributed by atoms with Crippen molar-refractivity contribution in [1.29, 1.82) is 0 Å². The Bertz CT molecular complexity index is 131. The van der Waals surface area contributed by atoms with Gasteiger partial charge in [-0.25, -0.2) is 0 Å². The Morgan fingerprint density at radius 3 is 3.22 bits per heavy atom. The van der Waals surface area contributed by atoms with Crippen LogP contribution >= 0.6 is 0 Å². The Morgan fingerprint density at radius 1 is 1.33 bits per heavy atom. The molecule has 1 fully saturated rings. The van der Waals surface area contributed by atoms with Crippen LogP contribution in [0.1, 0.15) is 6.42 Å². The highest BCUT2D eigenvalue weighted by molar-refractivity contribution is 5.00. The molecule has 0 unspecified atom stereocenters. The molecule has 2 nitrogen and oxygen atoms in total. The van der Waals surface area contributed by atoms with Gasteiger partial charge in [-0.1, -0.05) is 12.2 Å². The Balaban J connectivity index is 2.10. The molecule has 2 atom stereocenters. The zero-order chi connectivity index (χ0) is 6.10. The summed E-state index contributed by atoms with van der Waals surface area (Å²) in [4.78, 5) is 0.